The van der Waals surface area contributed by atoms with Crippen LogP contribution in [-0.4, -0.2) is 28.9 Å². The van der Waals surface area contributed by atoms with Crippen molar-refractivity contribution in [2.45, 2.75) is 39.5 Å². The van der Waals surface area contributed by atoms with E-state index in [-0.39, 0.29) is 5.91 Å². The van der Waals surface area contributed by atoms with Crippen molar-refractivity contribution in [2.24, 2.45) is 5.92 Å². The molecule has 2 heterocycles. The third-order valence-electron chi connectivity index (χ3n) is 3.72. The molecule has 1 aliphatic heterocycles. The smallest absolute Gasteiger partial charge is 0.265 e. The summed E-state index contributed by atoms with van der Waals surface area (Å²) >= 11 is 1.30. The Morgan fingerprint density at radius 1 is 1.50 bits per heavy atom. The van der Waals surface area contributed by atoms with Crippen molar-refractivity contribution in [1.82, 2.24) is 9.88 Å². The fourth-order valence-corrected chi connectivity index (χ4v) is 3.34. The highest BCUT2D eigenvalue weighted by atomic mass is 32.1. The van der Waals surface area contributed by atoms with Crippen molar-refractivity contribution in [2.75, 3.05) is 18.8 Å². The number of likely N-dealkylation sites (tertiary alicyclic amines) is 1. The standard InChI is InChI=1S/C13H21N3OS/c1-3-10-5-4-7-16(8-6-10)12(17)11-9(2)15-13(14)18-11/h10H,3-8H2,1-2H3,(H2,14,15). The minimum atomic E-state index is 0.110. The van der Waals surface area contributed by atoms with Crippen LogP contribution in [-0.2, 0) is 0 Å². The zero-order valence-corrected chi connectivity index (χ0v) is 11.9. The van der Waals surface area contributed by atoms with Crippen LogP contribution in [0.15, 0.2) is 0 Å². The number of nitrogen functional groups attached to an aromatic ring is 1. The molecule has 1 atom stereocenters. The van der Waals surface area contributed by atoms with Gasteiger partial charge < -0.3 is 10.6 Å². The van der Waals surface area contributed by atoms with Crippen molar-refractivity contribution in [3.05, 3.63) is 10.6 Å². The molecular formula is C13H21N3OS. The highest BCUT2D eigenvalue weighted by Crippen LogP contribution is 2.25. The number of hydrogen-bond acceptors (Lipinski definition) is 4. The predicted molar refractivity (Wildman–Crippen MR) is 74.8 cm³/mol. The number of amides is 1. The maximum absolute atomic E-state index is 12.4. The van der Waals surface area contributed by atoms with Crippen LogP contribution in [0.4, 0.5) is 5.13 Å². The number of carbonyl (C=O) groups excluding carboxylic acids is 1. The Hall–Kier alpha value is -1.10. The summed E-state index contributed by atoms with van der Waals surface area (Å²) in [6.45, 7) is 5.82. The lowest BCUT2D eigenvalue weighted by molar-refractivity contribution is 0.0764. The van der Waals surface area contributed by atoms with Gasteiger partial charge in [-0.3, -0.25) is 4.79 Å². The van der Waals surface area contributed by atoms with Crippen molar-refractivity contribution >= 4 is 22.4 Å². The number of aromatic nitrogens is 1. The van der Waals surface area contributed by atoms with Crippen molar-refractivity contribution in [3.63, 3.8) is 0 Å². The Morgan fingerprint density at radius 3 is 2.89 bits per heavy atom. The van der Waals surface area contributed by atoms with E-state index in [1.165, 1.54) is 24.2 Å². The number of hydrogen-bond donors (Lipinski definition) is 1. The number of anilines is 1. The van der Waals surface area contributed by atoms with Gasteiger partial charge in [0, 0.05) is 13.1 Å². The second-order valence-corrected chi connectivity index (χ2v) is 5.99. The molecule has 0 spiro atoms. The molecule has 100 valence electrons. The van der Waals surface area contributed by atoms with Gasteiger partial charge in [-0.05, 0) is 32.1 Å². The van der Waals surface area contributed by atoms with Crippen LogP contribution in [0.5, 0.6) is 0 Å². The molecule has 1 amide bonds. The van der Waals surface area contributed by atoms with E-state index in [2.05, 4.69) is 11.9 Å². The first-order valence-electron chi connectivity index (χ1n) is 6.64. The van der Waals surface area contributed by atoms with Gasteiger partial charge >= 0.3 is 0 Å². The summed E-state index contributed by atoms with van der Waals surface area (Å²) in [6, 6.07) is 0. The molecule has 1 saturated heterocycles. The minimum absolute atomic E-state index is 0.110. The Balaban J connectivity index is 2.07. The van der Waals surface area contributed by atoms with Crippen molar-refractivity contribution < 1.29 is 4.79 Å². The highest BCUT2D eigenvalue weighted by molar-refractivity contribution is 7.17. The highest BCUT2D eigenvalue weighted by Gasteiger charge is 2.23. The fourth-order valence-electron chi connectivity index (χ4n) is 2.54. The van der Waals surface area contributed by atoms with Crippen LogP contribution in [0, 0.1) is 12.8 Å². The largest absolute Gasteiger partial charge is 0.375 e. The number of carbonyl (C=O) groups is 1. The summed E-state index contributed by atoms with van der Waals surface area (Å²) in [5.74, 6) is 0.883. The minimum Gasteiger partial charge on any atom is -0.375 e. The summed E-state index contributed by atoms with van der Waals surface area (Å²) in [6.07, 6.45) is 4.69. The van der Waals surface area contributed by atoms with Crippen LogP contribution >= 0.6 is 11.3 Å². The monoisotopic (exact) mass is 267 g/mol. The van der Waals surface area contributed by atoms with Gasteiger partial charge in [-0.15, -0.1) is 0 Å². The van der Waals surface area contributed by atoms with E-state index in [4.69, 9.17) is 5.73 Å². The molecule has 4 nitrogen and oxygen atoms in total. The summed E-state index contributed by atoms with van der Waals surface area (Å²) in [7, 11) is 0. The molecule has 2 N–H and O–H groups in total. The molecule has 1 aromatic heterocycles. The van der Waals surface area contributed by atoms with E-state index in [1.807, 2.05) is 11.8 Å². The lowest BCUT2D eigenvalue weighted by atomic mass is 9.98. The van der Waals surface area contributed by atoms with Crippen LogP contribution in [0.2, 0.25) is 0 Å². The topological polar surface area (TPSA) is 59.2 Å². The van der Waals surface area contributed by atoms with Crippen LogP contribution < -0.4 is 5.73 Å². The zero-order chi connectivity index (χ0) is 13.1. The first-order chi connectivity index (χ1) is 8.61. The van der Waals surface area contributed by atoms with Gasteiger partial charge in [-0.2, -0.15) is 0 Å². The van der Waals surface area contributed by atoms with Gasteiger partial charge in [-0.25, -0.2) is 4.98 Å². The van der Waals surface area contributed by atoms with Crippen LogP contribution in [0.3, 0.4) is 0 Å². The maximum Gasteiger partial charge on any atom is 0.265 e. The van der Waals surface area contributed by atoms with E-state index in [0.717, 1.165) is 37.5 Å². The lowest BCUT2D eigenvalue weighted by Crippen LogP contribution is -2.31. The van der Waals surface area contributed by atoms with Gasteiger partial charge in [-0.1, -0.05) is 24.7 Å². The first kappa shape index (κ1) is 13.3. The van der Waals surface area contributed by atoms with Gasteiger partial charge in [0.25, 0.3) is 5.91 Å². The Labute approximate surface area is 112 Å². The second kappa shape index (κ2) is 5.69. The quantitative estimate of drug-likeness (QED) is 0.896. The molecule has 0 radical (unpaired) electrons. The summed E-state index contributed by atoms with van der Waals surface area (Å²) < 4.78 is 0. The molecule has 0 aliphatic carbocycles. The Kier molecular flexibility index (Phi) is 4.22. The lowest BCUT2D eigenvalue weighted by Gasteiger charge is -2.19. The average molecular weight is 267 g/mol. The molecule has 1 unspecified atom stereocenters. The molecule has 0 saturated carbocycles. The molecular weight excluding hydrogens is 246 g/mol. The van der Waals surface area contributed by atoms with Crippen molar-refractivity contribution in [3.8, 4) is 0 Å². The van der Waals surface area contributed by atoms with E-state index < -0.39 is 0 Å². The Morgan fingerprint density at radius 2 is 2.28 bits per heavy atom. The molecule has 2 rings (SSSR count). The fraction of sp³-hybridized carbons (Fsp3) is 0.692. The van der Waals surface area contributed by atoms with Gasteiger partial charge in [0.2, 0.25) is 0 Å². The molecule has 5 heteroatoms. The van der Waals surface area contributed by atoms with Gasteiger partial charge in [0.1, 0.15) is 4.88 Å². The summed E-state index contributed by atoms with van der Waals surface area (Å²) in [5.41, 5.74) is 6.42. The molecule has 1 aromatic rings. The van der Waals surface area contributed by atoms with Crippen molar-refractivity contribution in [1.29, 1.82) is 0 Å². The number of aryl methyl sites for hydroxylation is 1. The molecule has 0 bridgehead atoms. The van der Waals surface area contributed by atoms with E-state index in [1.54, 1.807) is 0 Å². The zero-order valence-electron chi connectivity index (χ0n) is 11.1. The van der Waals surface area contributed by atoms with Gasteiger partial charge in [0.15, 0.2) is 5.13 Å². The number of rotatable bonds is 2. The SMILES string of the molecule is CCC1CCCN(C(=O)c2sc(N)nc2C)CC1. The molecule has 18 heavy (non-hydrogen) atoms. The first-order valence-corrected chi connectivity index (χ1v) is 7.45. The Bertz CT molecular complexity index is 430. The third-order valence-corrected chi connectivity index (χ3v) is 4.69. The summed E-state index contributed by atoms with van der Waals surface area (Å²) in [4.78, 5) is 19.2. The van der Waals surface area contributed by atoms with Gasteiger partial charge in [0.05, 0.1) is 5.69 Å². The predicted octanol–water partition coefficient (Wildman–Crippen LogP) is 2.69. The third kappa shape index (κ3) is 2.83. The average Bonchev–Trinajstić information content (AvgIpc) is 2.56. The van der Waals surface area contributed by atoms with Crippen LogP contribution in [0.25, 0.3) is 0 Å². The van der Waals surface area contributed by atoms with E-state index in [0.29, 0.717) is 10.0 Å². The number of thiazole rings is 1. The second-order valence-electron chi connectivity index (χ2n) is 4.96. The number of nitrogens with two attached hydrogens (primary N) is 1. The molecule has 1 fully saturated rings. The van der Waals surface area contributed by atoms with E-state index >= 15 is 0 Å². The maximum atomic E-state index is 12.4. The summed E-state index contributed by atoms with van der Waals surface area (Å²) in [5, 5.41) is 0.483. The molecule has 0 aromatic carbocycles. The normalized spacial score (nSPS) is 20.8. The number of nitrogens with zero attached hydrogens (tertiary/aromatic N) is 2. The van der Waals surface area contributed by atoms with Crippen LogP contribution in [0.1, 0.15) is 48.0 Å². The molecule has 1 aliphatic rings. The van der Waals surface area contributed by atoms with E-state index in [9.17, 15) is 4.79 Å².